The fourth-order valence-corrected chi connectivity index (χ4v) is 4.80. The quantitative estimate of drug-likeness (QED) is 0.234. The van der Waals surface area contributed by atoms with Crippen LogP contribution in [0.5, 0.6) is 0 Å². The molecule has 3 rings (SSSR count). The van der Waals surface area contributed by atoms with E-state index in [1.54, 1.807) is 0 Å². The molecule has 0 aromatic carbocycles. The molecule has 0 radical (unpaired) electrons. The molecule has 0 aliphatic carbocycles. The van der Waals surface area contributed by atoms with Crippen LogP contribution in [0.3, 0.4) is 0 Å². The van der Waals surface area contributed by atoms with Crippen LogP contribution in [-0.2, 0) is 28.8 Å². The fourth-order valence-electron chi connectivity index (χ4n) is 4.80. The van der Waals surface area contributed by atoms with Gasteiger partial charge in [-0.05, 0) is 52.0 Å². The molecule has 0 bridgehead atoms. The number of carboxylic acids is 1. The fraction of sp³-hybridized carbons (Fsp3) is 0.727. The number of carboxylic acid groups (broad SMARTS) is 1. The van der Waals surface area contributed by atoms with E-state index in [9.17, 15) is 28.8 Å². The predicted molar refractivity (Wildman–Crippen MR) is 122 cm³/mol. The molecule has 3 aliphatic rings. The first-order valence-electron chi connectivity index (χ1n) is 12.1. The molecular formula is C22H34N6O7. The third kappa shape index (κ3) is 6.68. The minimum absolute atomic E-state index is 0.255. The second kappa shape index (κ2) is 12.0. The molecule has 0 aromatic heterocycles. The number of nitrogens with zero attached hydrogens (tertiary/aromatic N) is 2. The first kappa shape index (κ1) is 26.4. The Morgan fingerprint density at radius 2 is 1.57 bits per heavy atom. The number of likely N-dealkylation sites (tertiary alicyclic amines) is 2. The monoisotopic (exact) mass is 494 g/mol. The number of hydrogen-bond acceptors (Lipinski definition) is 7. The van der Waals surface area contributed by atoms with Crippen LogP contribution in [0.4, 0.5) is 0 Å². The Hall–Kier alpha value is -3.22. The second-order valence-corrected chi connectivity index (χ2v) is 9.14. The molecule has 13 heteroatoms. The Balaban J connectivity index is 1.50. The number of hydrogen-bond donors (Lipinski definition) is 5. The molecule has 0 saturated carbocycles. The van der Waals surface area contributed by atoms with Gasteiger partial charge in [-0.1, -0.05) is 0 Å². The third-order valence-corrected chi connectivity index (χ3v) is 6.65. The number of carbonyl (C=O) groups is 6. The maximum atomic E-state index is 13.2. The molecular weight excluding hydrogens is 460 g/mol. The zero-order valence-corrected chi connectivity index (χ0v) is 19.9. The molecule has 4 atom stereocenters. The highest BCUT2D eigenvalue weighted by molar-refractivity contribution is 5.95. The SMILES string of the molecule is C[C@H](NC(=O)[C@@H]1CCCN1)C(=O)NCC(=O)N1CCC[C@H]1C(=O)N1CCC[C@H]1C(=O)NCC(=O)O. The zero-order chi connectivity index (χ0) is 25.5. The summed E-state index contributed by atoms with van der Waals surface area (Å²) < 4.78 is 0. The number of carbonyl (C=O) groups excluding carboxylic acids is 5. The molecule has 3 saturated heterocycles. The van der Waals surface area contributed by atoms with E-state index in [0.29, 0.717) is 45.2 Å². The summed E-state index contributed by atoms with van der Waals surface area (Å²) in [5, 5.41) is 19.3. The predicted octanol–water partition coefficient (Wildman–Crippen LogP) is -2.46. The highest BCUT2D eigenvalue weighted by Gasteiger charge is 2.42. The van der Waals surface area contributed by atoms with Crippen LogP contribution in [0.15, 0.2) is 0 Å². The van der Waals surface area contributed by atoms with Gasteiger partial charge >= 0.3 is 5.97 Å². The van der Waals surface area contributed by atoms with E-state index >= 15 is 0 Å². The molecule has 3 heterocycles. The van der Waals surface area contributed by atoms with Gasteiger partial charge in [0.25, 0.3) is 0 Å². The number of amides is 5. The number of nitrogens with one attached hydrogen (secondary N) is 4. The van der Waals surface area contributed by atoms with Crippen LogP contribution in [0.1, 0.15) is 45.4 Å². The van der Waals surface area contributed by atoms with Crippen molar-refractivity contribution in [3.05, 3.63) is 0 Å². The summed E-state index contributed by atoms with van der Waals surface area (Å²) in [7, 11) is 0. The molecule has 13 nitrogen and oxygen atoms in total. The zero-order valence-electron chi connectivity index (χ0n) is 19.9. The maximum absolute atomic E-state index is 13.2. The van der Waals surface area contributed by atoms with E-state index in [1.165, 1.54) is 16.7 Å². The van der Waals surface area contributed by atoms with Gasteiger partial charge in [0.05, 0.1) is 12.6 Å². The topological polar surface area (TPSA) is 177 Å². The Kier molecular flexibility index (Phi) is 9.01. The largest absolute Gasteiger partial charge is 0.480 e. The minimum atomic E-state index is -1.17. The standard InChI is InChI=1S/C22H34N6O7/c1-13(26-20(33)14-5-2-8-23-14)19(32)24-11-17(29)27-9-4-7-16(27)22(35)28-10-3-6-15(28)21(34)25-12-18(30)31/h13-16,23H,2-12H2,1H3,(H,24,32)(H,25,34)(H,26,33)(H,30,31)/t13-,14-,15-,16-/m0/s1. The minimum Gasteiger partial charge on any atom is -0.480 e. The lowest BCUT2D eigenvalue weighted by Crippen LogP contribution is -2.55. The van der Waals surface area contributed by atoms with Gasteiger partial charge in [0.2, 0.25) is 29.5 Å². The van der Waals surface area contributed by atoms with Crippen molar-refractivity contribution in [1.82, 2.24) is 31.1 Å². The van der Waals surface area contributed by atoms with E-state index in [4.69, 9.17) is 5.11 Å². The van der Waals surface area contributed by atoms with Crippen LogP contribution in [0.2, 0.25) is 0 Å². The normalized spacial score (nSPS) is 24.7. The summed E-state index contributed by atoms with van der Waals surface area (Å²) in [6.07, 6.45) is 3.69. The lowest BCUT2D eigenvalue weighted by Gasteiger charge is -2.31. The van der Waals surface area contributed by atoms with Gasteiger partial charge in [-0.15, -0.1) is 0 Å². The second-order valence-electron chi connectivity index (χ2n) is 9.14. The van der Waals surface area contributed by atoms with Crippen molar-refractivity contribution in [3.63, 3.8) is 0 Å². The first-order chi connectivity index (χ1) is 16.7. The summed E-state index contributed by atoms with van der Waals surface area (Å²) in [5.74, 6) is -3.22. The number of aliphatic carboxylic acids is 1. The highest BCUT2D eigenvalue weighted by atomic mass is 16.4. The lowest BCUT2D eigenvalue weighted by molar-refractivity contribution is -0.147. The van der Waals surface area contributed by atoms with Crippen LogP contribution in [0, 0.1) is 0 Å². The van der Waals surface area contributed by atoms with Crippen molar-refractivity contribution in [3.8, 4) is 0 Å². The molecule has 5 amide bonds. The van der Waals surface area contributed by atoms with Gasteiger partial charge in [-0.25, -0.2) is 0 Å². The molecule has 3 fully saturated rings. The van der Waals surface area contributed by atoms with Crippen molar-refractivity contribution < 1.29 is 33.9 Å². The third-order valence-electron chi connectivity index (χ3n) is 6.65. The van der Waals surface area contributed by atoms with E-state index < -0.39 is 48.4 Å². The van der Waals surface area contributed by atoms with Crippen molar-refractivity contribution >= 4 is 35.5 Å². The van der Waals surface area contributed by atoms with E-state index in [-0.39, 0.29) is 24.4 Å². The van der Waals surface area contributed by atoms with Crippen molar-refractivity contribution in [2.24, 2.45) is 0 Å². The summed E-state index contributed by atoms with van der Waals surface area (Å²) in [5.41, 5.74) is 0. The van der Waals surface area contributed by atoms with Gasteiger partial charge in [-0.3, -0.25) is 28.8 Å². The summed E-state index contributed by atoms with van der Waals surface area (Å²) >= 11 is 0. The van der Waals surface area contributed by atoms with Gasteiger partial charge in [0.15, 0.2) is 0 Å². The number of rotatable bonds is 9. The van der Waals surface area contributed by atoms with Crippen LogP contribution < -0.4 is 21.3 Å². The molecule has 0 unspecified atom stereocenters. The van der Waals surface area contributed by atoms with E-state index in [0.717, 1.165) is 13.0 Å². The summed E-state index contributed by atoms with van der Waals surface area (Å²) in [4.78, 5) is 76.5. The van der Waals surface area contributed by atoms with Gasteiger partial charge in [0, 0.05) is 13.1 Å². The van der Waals surface area contributed by atoms with Crippen molar-refractivity contribution in [1.29, 1.82) is 0 Å². The summed E-state index contributed by atoms with van der Waals surface area (Å²) in [6, 6.07) is -2.64. The van der Waals surface area contributed by atoms with E-state index in [1.807, 2.05) is 0 Å². The molecule has 5 N–H and O–H groups in total. The maximum Gasteiger partial charge on any atom is 0.322 e. The van der Waals surface area contributed by atoms with Crippen molar-refractivity contribution in [2.45, 2.75) is 69.6 Å². The first-order valence-corrected chi connectivity index (χ1v) is 12.1. The molecule has 35 heavy (non-hydrogen) atoms. The van der Waals surface area contributed by atoms with Crippen molar-refractivity contribution in [2.75, 3.05) is 32.7 Å². The lowest BCUT2D eigenvalue weighted by atomic mass is 10.1. The average molecular weight is 495 g/mol. The molecule has 0 spiro atoms. The Morgan fingerprint density at radius 3 is 2.23 bits per heavy atom. The Morgan fingerprint density at radius 1 is 0.886 bits per heavy atom. The smallest absolute Gasteiger partial charge is 0.322 e. The Labute approximate surface area is 203 Å². The summed E-state index contributed by atoms with van der Waals surface area (Å²) in [6.45, 7) is 2.17. The molecule has 3 aliphatic heterocycles. The van der Waals surface area contributed by atoms with E-state index in [2.05, 4.69) is 21.3 Å². The Bertz CT molecular complexity index is 859. The highest BCUT2D eigenvalue weighted by Crippen LogP contribution is 2.25. The van der Waals surface area contributed by atoms with Gasteiger partial charge in [-0.2, -0.15) is 0 Å². The average Bonchev–Trinajstić information content (AvgIpc) is 3.61. The van der Waals surface area contributed by atoms with Gasteiger partial charge < -0.3 is 36.2 Å². The molecule has 0 aromatic rings. The molecule has 194 valence electrons. The van der Waals surface area contributed by atoms with Gasteiger partial charge in [0.1, 0.15) is 24.7 Å². The van der Waals surface area contributed by atoms with Crippen LogP contribution >= 0.6 is 0 Å². The van der Waals surface area contributed by atoms with Crippen LogP contribution in [0.25, 0.3) is 0 Å². The van der Waals surface area contributed by atoms with Crippen LogP contribution in [-0.4, -0.2) is 107 Å².